The van der Waals surface area contributed by atoms with Crippen LogP contribution in [0, 0.1) is 0 Å². The van der Waals surface area contributed by atoms with Gasteiger partial charge in [0.15, 0.2) is 5.78 Å². The van der Waals surface area contributed by atoms with Crippen molar-refractivity contribution in [3.63, 3.8) is 0 Å². The molecular weight excluding hydrogens is 160 g/mol. The van der Waals surface area contributed by atoms with Gasteiger partial charge in [0.05, 0.1) is 0 Å². The predicted octanol–water partition coefficient (Wildman–Crippen LogP) is -0.539. The first kappa shape index (κ1) is 11.6. The monoisotopic (exact) mass is 176 g/mol. The van der Waals surface area contributed by atoms with E-state index in [2.05, 4.69) is 0 Å². The van der Waals surface area contributed by atoms with Crippen LogP contribution in [-0.4, -0.2) is 40.4 Å². The molecule has 0 fully saturated rings. The molecule has 0 aromatic carbocycles. The maximum Gasteiger partial charge on any atom is 0.161 e. The quantitative estimate of drug-likeness (QED) is 0.487. The lowest BCUT2D eigenvalue weighted by Crippen LogP contribution is -2.20. The largest absolute Gasteiger partial charge is 0.396 e. The zero-order chi connectivity index (χ0) is 9.40. The number of rotatable bonds is 7. The molecule has 0 saturated heterocycles. The number of carbonyl (C=O) groups is 1. The van der Waals surface area contributed by atoms with Crippen LogP contribution in [0.15, 0.2) is 0 Å². The van der Waals surface area contributed by atoms with Crippen LogP contribution >= 0.6 is 0 Å². The minimum atomic E-state index is -0.969. The van der Waals surface area contributed by atoms with Gasteiger partial charge in [-0.15, -0.1) is 0 Å². The van der Waals surface area contributed by atoms with Crippen LogP contribution in [0.1, 0.15) is 25.7 Å². The molecule has 0 aromatic rings. The second kappa shape index (κ2) is 7.21. The molecule has 0 saturated carbocycles. The van der Waals surface area contributed by atoms with E-state index >= 15 is 0 Å². The number of hydrogen-bond donors (Lipinski definition) is 3. The van der Waals surface area contributed by atoms with Crippen molar-refractivity contribution in [3.05, 3.63) is 0 Å². The summed E-state index contributed by atoms with van der Waals surface area (Å²) in [7, 11) is 0. The molecule has 1 unspecified atom stereocenters. The summed E-state index contributed by atoms with van der Waals surface area (Å²) in [5.74, 6) is -0.252. The SMILES string of the molecule is O=C(CCCO)C(O)CCCO. The summed E-state index contributed by atoms with van der Waals surface area (Å²) >= 11 is 0. The first-order chi connectivity index (χ1) is 5.72. The fourth-order valence-corrected chi connectivity index (χ4v) is 0.866. The van der Waals surface area contributed by atoms with Gasteiger partial charge in [0.25, 0.3) is 0 Å². The summed E-state index contributed by atoms with van der Waals surface area (Å²) in [5.41, 5.74) is 0. The molecule has 0 aliphatic carbocycles. The Morgan fingerprint density at radius 3 is 2.25 bits per heavy atom. The van der Waals surface area contributed by atoms with Gasteiger partial charge in [0.1, 0.15) is 6.10 Å². The minimum Gasteiger partial charge on any atom is -0.396 e. The van der Waals surface area contributed by atoms with Gasteiger partial charge in [-0.05, 0) is 19.3 Å². The Labute approximate surface area is 71.8 Å². The molecule has 0 aromatic heterocycles. The highest BCUT2D eigenvalue weighted by atomic mass is 16.3. The van der Waals surface area contributed by atoms with E-state index in [0.717, 1.165) is 0 Å². The summed E-state index contributed by atoms with van der Waals surface area (Å²) in [6, 6.07) is 0. The molecule has 0 rings (SSSR count). The highest BCUT2D eigenvalue weighted by Gasteiger charge is 2.12. The van der Waals surface area contributed by atoms with Crippen molar-refractivity contribution in [2.24, 2.45) is 0 Å². The van der Waals surface area contributed by atoms with Gasteiger partial charge in [-0.3, -0.25) is 4.79 Å². The normalized spacial score (nSPS) is 12.9. The van der Waals surface area contributed by atoms with E-state index in [1.807, 2.05) is 0 Å². The Morgan fingerprint density at radius 1 is 1.17 bits per heavy atom. The first-order valence-electron chi connectivity index (χ1n) is 4.15. The molecule has 0 aliphatic heterocycles. The molecule has 12 heavy (non-hydrogen) atoms. The van der Waals surface area contributed by atoms with Crippen LogP contribution in [0.5, 0.6) is 0 Å². The van der Waals surface area contributed by atoms with E-state index in [0.29, 0.717) is 19.3 Å². The first-order valence-corrected chi connectivity index (χ1v) is 4.15. The second-order valence-electron chi connectivity index (χ2n) is 2.68. The third-order valence-corrected chi connectivity index (χ3v) is 1.59. The molecule has 0 spiro atoms. The van der Waals surface area contributed by atoms with Crippen molar-refractivity contribution < 1.29 is 20.1 Å². The van der Waals surface area contributed by atoms with E-state index in [9.17, 15) is 4.79 Å². The number of ketones is 1. The lowest BCUT2D eigenvalue weighted by atomic mass is 10.1. The van der Waals surface area contributed by atoms with Gasteiger partial charge in [-0.25, -0.2) is 0 Å². The third kappa shape index (κ3) is 5.23. The molecule has 0 radical (unpaired) electrons. The van der Waals surface area contributed by atoms with Crippen LogP contribution in [0.3, 0.4) is 0 Å². The van der Waals surface area contributed by atoms with E-state index in [4.69, 9.17) is 15.3 Å². The maximum absolute atomic E-state index is 11.0. The molecule has 0 heterocycles. The second-order valence-corrected chi connectivity index (χ2v) is 2.68. The van der Waals surface area contributed by atoms with Crippen LogP contribution in [0.4, 0.5) is 0 Å². The number of hydrogen-bond acceptors (Lipinski definition) is 4. The summed E-state index contributed by atoms with van der Waals surface area (Å²) in [5, 5.41) is 25.9. The maximum atomic E-state index is 11.0. The summed E-state index contributed by atoms with van der Waals surface area (Å²) in [6.45, 7) is -0.0389. The molecule has 0 aliphatic rings. The Balaban J connectivity index is 3.47. The molecule has 1 atom stereocenters. The Hall–Kier alpha value is -0.450. The predicted molar refractivity (Wildman–Crippen MR) is 43.7 cm³/mol. The van der Waals surface area contributed by atoms with E-state index in [1.54, 1.807) is 0 Å². The van der Waals surface area contributed by atoms with Crippen molar-refractivity contribution in [3.8, 4) is 0 Å². The summed E-state index contributed by atoms with van der Waals surface area (Å²) in [6.07, 6.45) is 0.383. The Kier molecular flexibility index (Phi) is 6.94. The fraction of sp³-hybridized carbons (Fsp3) is 0.875. The van der Waals surface area contributed by atoms with E-state index in [-0.39, 0.29) is 25.4 Å². The Bertz CT molecular complexity index is 124. The number of Topliss-reactive ketones (excluding diaryl/α,β-unsaturated/α-hetero) is 1. The molecule has 4 heteroatoms. The zero-order valence-corrected chi connectivity index (χ0v) is 7.07. The molecule has 0 bridgehead atoms. The number of carbonyl (C=O) groups excluding carboxylic acids is 1. The van der Waals surface area contributed by atoms with Crippen LogP contribution < -0.4 is 0 Å². The van der Waals surface area contributed by atoms with Gasteiger partial charge in [0.2, 0.25) is 0 Å². The van der Waals surface area contributed by atoms with Crippen molar-refractivity contribution in [2.75, 3.05) is 13.2 Å². The molecule has 72 valence electrons. The standard InChI is InChI=1S/C8H16O4/c9-5-1-3-7(11)8(12)4-2-6-10/h7,9-11H,1-6H2. The number of aliphatic hydroxyl groups excluding tert-OH is 3. The zero-order valence-electron chi connectivity index (χ0n) is 7.07. The topological polar surface area (TPSA) is 77.8 Å². The number of aliphatic hydroxyl groups is 3. The fourth-order valence-electron chi connectivity index (χ4n) is 0.866. The molecule has 4 nitrogen and oxygen atoms in total. The average molecular weight is 176 g/mol. The van der Waals surface area contributed by atoms with Crippen molar-refractivity contribution in [2.45, 2.75) is 31.8 Å². The van der Waals surface area contributed by atoms with Gasteiger partial charge in [0, 0.05) is 19.6 Å². The van der Waals surface area contributed by atoms with Gasteiger partial charge in [-0.1, -0.05) is 0 Å². The van der Waals surface area contributed by atoms with Crippen LogP contribution in [0.25, 0.3) is 0 Å². The van der Waals surface area contributed by atoms with Crippen LogP contribution in [-0.2, 0) is 4.79 Å². The lowest BCUT2D eigenvalue weighted by molar-refractivity contribution is -0.127. The average Bonchev–Trinajstić information content (AvgIpc) is 2.10. The molecule has 3 N–H and O–H groups in total. The third-order valence-electron chi connectivity index (χ3n) is 1.59. The minimum absolute atomic E-state index is 0.00958. The summed E-state index contributed by atoms with van der Waals surface area (Å²) < 4.78 is 0. The Morgan fingerprint density at radius 2 is 1.75 bits per heavy atom. The van der Waals surface area contributed by atoms with Crippen molar-refractivity contribution in [1.82, 2.24) is 0 Å². The smallest absolute Gasteiger partial charge is 0.161 e. The van der Waals surface area contributed by atoms with Crippen molar-refractivity contribution >= 4 is 5.78 Å². The lowest BCUT2D eigenvalue weighted by Gasteiger charge is -2.07. The van der Waals surface area contributed by atoms with Gasteiger partial charge in [-0.2, -0.15) is 0 Å². The van der Waals surface area contributed by atoms with Gasteiger partial charge < -0.3 is 15.3 Å². The van der Waals surface area contributed by atoms with E-state index in [1.165, 1.54) is 0 Å². The highest BCUT2D eigenvalue weighted by molar-refractivity contribution is 5.82. The van der Waals surface area contributed by atoms with Gasteiger partial charge >= 0.3 is 0 Å². The molecule has 0 amide bonds. The molecular formula is C8H16O4. The highest BCUT2D eigenvalue weighted by Crippen LogP contribution is 2.02. The van der Waals surface area contributed by atoms with E-state index < -0.39 is 6.10 Å². The summed E-state index contributed by atoms with van der Waals surface area (Å²) in [4.78, 5) is 11.0. The van der Waals surface area contributed by atoms with Crippen LogP contribution in [0.2, 0.25) is 0 Å². The van der Waals surface area contributed by atoms with Crippen molar-refractivity contribution in [1.29, 1.82) is 0 Å².